The van der Waals surface area contributed by atoms with Crippen molar-refractivity contribution in [2.24, 2.45) is 0 Å². The van der Waals surface area contributed by atoms with E-state index in [4.69, 9.17) is 5.73 Å². The van der Waals surface area contributed by atoms with Crippen LogP contribution in [0.15, 0.2) is 0 Å². The van der Waals surface area contributed by atoms with Crippen molar-refractivity contribution < 1.29 is 0 Å². The molecule has 0 bridgehead atoms. The molecule has 0 aliphatic carbocycles. The largest absolute Gasteiger partial charge is 0.417 e. The van der Waals surface area contributed by atoms with Gasteiger partial charge >= 0.3 is 0 Å². The number of fused-ring (bicyclic) bond motifs is 1. The molecule has 1 heterocycles. The Labute approximate surface area is 89.3 Å². The third kappa shape index (κ3) is 1.11. The van der Waals surface area contributed by atoms with E-state index < -0.39 is 0 Å². The fraction of sp³-hybridized carbons (Fsp3) is 0.250. The molecule has 0 spiro atoms. The predicted molar refractivity (Wildman–Crippen MR) is 64.9 cm³/mol. The van der Waals surface area contributed by atoms with Crippen molar-refractivity contribution >= 4 is 44.5 Å². The van der Waals surface area contributed by atoms with E-state index in [0.29, 0.717) is 0 Å². The second-order valence-electron chi connectivity index (χ2n) is 3.25. The number of aromatic nitrogens is 2. The molecule has 0 unspecified atom stereocenters. The van der Waals surface area contributed by atoms with Crippen LogP contribution in [0.3, 0.4) is 0 Å². The molecule has 1 aromatic carbocycles. The fourth-order valence-corrected chi connectivity index (χ4v) is 2.93. The molecule has 6 heteroatoms. The summed E-state index contributed by atoms with van der Waals surface area (Å²) < 4.78 is 8.53. The second kappa shape index (κ2) is 3.21. The average Bonchev–Trinajstić information content (AvgIpc) is 2.64. The number of nitrogen functional groups attached to an aromatic ring is 1. The van der Waals surface area contributed by atoms with E-state index >= 15 is 0 Å². The Morgan fingerprint density at radius 3 is 2.36 bits per heavy atom. The van der Waals surface area contributed by atoms with E-state index in [1.165, 1.54) is 11.7 Å². The molecule has 0 atom stereocenters. The number of anilines is 2. The maximum atomic E-state index is 6.02. The standard InChI is InChI=1S/C8H12N4SSi/c1-3-5(9)6(12-14)4(2)8-7(3)10-13-11-8/h12H,9H2,1-2,14H3. The lowest BCUT2D eigenvalue weighted by molar-refractivity contribution is 1.42. The molecule has 0 saturated heterocycles. The Hall–Kier alpha value is -1.14. The minimum atomic E-state index is 0.803. The van der Waals surface area contributed by atoms with Crippen LogP contribution in [0.4, 0.5) is 11.4 Å². The zero-order valence-corrected chi connectivity index (χ0v) is 11.2. The summed E-state index contributed by atoms with van der Waals surface area (Å²) in [6.45, 7) is 4.01. The van der Waals surface area contributed by atoms with Crippen molar-refractivity contribution in [3.63, 3.8) is 0 Å². The number of benzene rings is 1. The fourth-order valence-electron chi connectivity index (χ4n) is 1.64. The van der Waals surface area contributed by atoms with Gasteiger partial charge in [0.2, 0.25) is 0 Å². The minimum absolute atomic E-state index is 0.803. The SMILES string of the molecule is Cc1c(N)c(N[SiH3])c(C)c2nsnc12. The lowest BCUT2D eigenvalue weighted by Gasteiger charge is -2.11. The third-order valence-electron chi connectivity index (χ3n) is 2.50. The highest BCUT2D eigenvalue weighted by atomic mass is 32.1. The van der Waals surface area contributed by atoms with Gasteiger partial charge in [0.25, 0.3) is 0 Å². The predicted octanol–water partition coefficient (Wildman–Crippen LogP) is 0.583. The van der Waals surface area contributed by atoms with Gasteiger partial charge in [0, 0.05) is 11.1 Å². The molecule has 2 aromatic rings. The van der Waals surface area contributed by atoms with Gasteiger partial charge < -0.3 is 10.7 Å². The lowest BCUT2D eigenvalue weighted by Crippen LogP contribution is -2.02. The summed E-state index contributed by atoms with van der Waals surface area (Å²) in [5, 5.41) is 0. The molecule has 14 heavy (non-hydrogen) atoms. The summed E-state index contributed by atoms with van der Waals surface area (Å²) in [5.74, 6) is 0. The zero-order chi connectivity index (χ0) is 10.3. The van der Waals surface area contributed by atoms with Gasteiger partial charge in [0.1, 0.15) is 21.4 Å². The van der Waals surface area contributed by atoms with Gasteiger partial charge in [-0.2, -0.15) is 8.75 Å². The number of hydrogen-bond donors (Lipinski definition) is 2. The van der Waals surface area contributed by atoms with Gasteiger partial charge in [-0.25, -0.2) is 0 Å². The molecule has 0 amide bonds. The number of aryl methyl sites for hydroxylation is 2. The van der Waals surface area contributed by atoms with Crippen LogP contribution in [0.1, 0.15) is 11.1 Å². The van der Waals surface area contributed by atoms with Gasteiger partial charge in [0.05, 0.1) is 23.1 Å². The molecule has 1 aromatic heterocycles. The maximum absolute atomic E-state index is 6.02. The van der Waals surface area contributed by atoms with E-state index in [0.717, 1.165) is 43.9 Å². The van der Waals surface area contributed by atoms with E-state index in [9.17, 15) is 0 Å². The molecule has 4 nitrogen and oxygen atoms in total. The van der Waals surface area contributed by atoms with Gasteiger partial charge in [0.15, 0.2) is 0 Å². The smallest absolute Gasteiger partial charge is 0.110 e. The van der Waals surface area contributed by atoms with Gasteiger partial charge in [-0.05, 0) is 13.8 Å². The Kier molecular flexibility index (Phi) is 2.16. The Morgan fingerprint density at radius 1 is 1.21 bits per heavy atom. The van der Waals surface area contributed by atoms with Crippen LogP contribution in [0.2, 0.25) is 0 Å². The normalized spacial score (nSPS) is 11.0. The van der Waals surface area contributed by atoms with Crippen LogP contribution in [0, 0.1) is 13.8 Å². The van der Waals surface area contributed by atoms with Crippen molar-refractivity contribution in [3.05, 3.63) is 11.1 Å². The first-order valence-electron chi connectivity index (χ1n) is 4.35. The van der Waals surface area contributed by atoms with E-state index in [2.05, 4.69) is 13.7 Å². The highest BCUT2D eigenvalue weighted by molar-refractivity contribution is 7.00. The number of nitrogens with zero attached hydrogens (tertiary/aromatic N) is 2. The molecule has 0 aliphatic rings. The van der Waals surface area contributed by atoms with Crippen molar-refractivity contribution in [2.45, 2.75) is 13.8 Å². The van der Waals surface area contributed by atoms with Crippen LogP contribution in [0.25, 0.3) is 11.0 Å². The molecular formula is C8H12N4SSi. The molecule has 0 radical (unpaired) electrons. The number of hydrogen-bond acceptors (Lipinski definition) is 5. The van der Waals surface area contributed by atoms with Crippen LogP contribution >= 0.6 is 11.7 Å². The van der Waals surface area contributed by atoms with Crippen LogP contribution < -0.4 is 10.7 Å². The van der Waals surface area contributed by atoms with Gasteiger partial charge in [-0.3, -0.25) is 0 Å². The van der Waals surface area contributed by atoms with Gasteiger partial charge in [-0.15, -0.1) is 0 Å². The summed E-state index contributed by atoms with van der Waals surface area (Å²) in [6, 6.07) is 0. The third-order valence-corrected chi connectivity index (χ3v) is 3.53. The van der Waals surface area contributed by atoms with Crippen LogP contribution in [-0.2, 0) is 0 Å². The topological polar surface area (TPSA) is 63.8 Å². The van der Waals surface area contributed by atoms with Crippen molar-refractivity contribution in [1.82, 2.24) is 8.75 Å². The van der Waals surface area contributed by atoms with Gasteiger partial charge in [-0.1, -0.05) is 0 Å². The summed E-state index contributed by atoms with van der Waals surface area (Å²) >= 11 is 1.24. The molecule has 0 saturated carbocycles. The Balaban J connectivity index is 2.94. The van der Waals surface area contributed by atoms with E-state index in [1.807, 2.05) is 13.8 Å². The molecule has 2 rings (SSSR count). The number of rotatable bonds is 1. The molecule has 0 aliphatic heterocycles. The quantitative estimate of drug-likeness (QED) is 0.549. The second-order valence-corrected chi connectivity index (χ2v) is 4.28. The van der Waals surface area contributed by atoms with Crippen molar-refractivity contribution in [1.29, 1.82) is 0 Å². The van der Waals surface area contributed by atoms with E-state index in [1.54, 1.807) is 0 Å². The molecule has 0 fully saturated rings. The first-order chi connectivity index (χ1) is 6.66. The Morgan fingerprint density at radius 2 is 1.79 bits per heavy atom. The summed E-state index contributed by atoms with van der Waals surface area (Å²) in [7, 11) is 0.881. The lowest BCUT2D eigenvalue weighted by atomic mass is 10.1. The highest BCUT2D eigenvalue weighted by Gasteiger charge is 2.13. The van der Waals surface area contributed by atoms with Crippen LogP contribution in [-0.4, -0.2) is 19.2 Å². The number of nitrogens with two attached hydrogens (primary N) is 1. The maximum Gasteiger partial charge on any atom is 0.110 e. The number of nitrogens with one attached hydrogen (secondary N) is 1. The first kappa shape index (κ1) is 9.41. The average molecular weight is 224 g/mol. The summed E-state index contributed by atoms with van der Waals surface area (Å²) in [4.78, 5) is 3.24. The van der Waals surface area contributed by atoms with E-state index in [-0.39, 0.29) is 0 Å². The summed E-state index contributed by atoms with van der Waals surface area (Å²) in [6.07, 6.45) is 0. The summed E-state index contributed by atoms with van der Waals surface area (Å²) in [5.41, 5.74) is 11.9. The zero-order valence-electron chi connectivity index (χ0n) is 8.38. The minimum Gasteiger partial charge on any atom is -0.417 e. The Bertz CT molecular complexity index is 494. The van der Waals surface area contributed by atoms with Crippen molar-refractivity contribution in [3.8, 4) is 0 Å². The molecular weight excluding hydrogens is 212 g/mol. The van der Waals surface area contributed by atoms with Crippen molar-refractivity contribution in [2.75, 3.05) is 10.7 Å². The molecule has 74 valence electrons. The first-order valence-corrected chi connectivity index (χ1v) is 6.08. The monoisotopic (exact) mass is 224 g/mol. The van der Waals surface area contributed by atoms with Crippen LogP contribution in [0.5, 0.6) is 0 Å². The molecule has 3 N–H and O–H groups in total. The highest BCUT2D eigenvalue weighted by Crippen LogP contribution is 2.33.